The zero-order valence-electron chi connectivity index (χ0n) is 11.0. The molecule has 0 aliphatic heterocycles. The summed E-state index contributed by atoms with van der Waals surface area (Å²) in [5, 5.41) is 16.8. The van der Waals surface area contributed by atoms with Crippen LogP contribution in [0.2, 0.25) is 0 Å². The highest BCUT2D eigenvalue weighted by Crippen LogP contribution is 2.30. The van der Waals surface area contributed by atoms with Gasteiger partial charge in [0.1, 0.15) is 12.7 Å². The van der Waals surface area contributed by atoms with Crippen molar-refractivity contribution in [2.75, 3.05) is 6.54 Å². The van der Waals surface area contributed by atoms with Gasteiger partial charge in [0.25, 0.3) is 5.91 Å². The molecule has 0 spiro atoms. The molecule has 1 aromatic heterocycles. The van der Waals surface area contributed by atoms with Crippen molar-refractivity contribution in [3.8, 4) is 5.69 Å². The Kier molecular flexibility index (Phi) is 3.23. The molecule has 1 heterocycles. The summed E-state index contributed by atoms with van der Waals surface area (Å²) in [6, 6.07) is 7.13. The topological polar surface area (TPSA) is 80.0 Å². The van der Waals surface area contributed by atoms with Crippen molar-refractivity contribution in [3.05, 3.63) is 42.5 Å². The van der Waals surface area contributed by atoms with Crippen molar-refractivity contribution in [1.29, 1.82) is 0 Å². The number of carbonyl (C=O) groups excluding carboxylic acids is 1. The number of amides is 1. The highest BCUT2D eigenvalue weighted by atomic mass is 16.3. The molecule has 0 radical (unpaired) electrons. The van der Waals surface area contributed by atoms with E-state index in [1.165, 1.54) is 6.33 Å². The lowest BCUT2D eigenvalue weighted by Crippen LogP contribution is -2.47. The normalized spacial score (nSPS) is 16.4. The third-order valence-corrected chi connectivity index (χ3v) is 3.65. The van der Waals surface area contributed by atoms with E-state index in [-0.39, 0.29) is 5.91 Å². The first kappa shape index (κ1) is 12.8. The Hall–Kier alpha value is -2.21. The maximum atomic E-state index is 12.1. The Bertz CT molecular complexity index is 605. The van der Waals surface area contributed by atoms with Crippen LogP contribution in [0, 0.1) is 0 Å². The van der Waals surface area contributed by atoms with Gasteiger partial charge in [-0.3, -0.25) is 4.79 Å². The van der Waals surface area contributed by atoms with Crippen LogP contribution in [-0.4, -0.2) is 37.9 Å². The predicted octanol–water partition coefficient (Wildman–Crippen LogP) is 0.912. The maximum Gasteiger partial charge on any atom is 0.251 e. The monoisotopic (exact) mass is 272 g/mol. The molecule has 1 aromatic carbocycles. The number of carbonyl (C=O) groups is 1. The van der Waals surface area contributed by atoms with Crippen LogP contribution in [0.4, 0.5) is 0 Å². The number of rotatable bonds is 4. The van der Waals surface area contributed by atoms with Crippen molar-refractivity contribution in [3.63, 3.8) is 0 Å². The van der Waals surface area contributed by atoms with E-state index in [0.717, 1.165) is 24.9 Å². The lowest BCUT2D eigenvalue weighted by atomic mass is 9.80. The van der Waals surface area contributed by atoms with Crippen LogP contribution < -0.4 is 5.32 Å². The molecule has 20 heavy (non-hydrogen) atoms. The van der Waals surface area contributed by atoms with Gasteiger partial charge in [0, 0.05) is 12.1 Å². The van der Waals surface area contributed by atoms with Gasteiger partial charge in [-0.25, -0.2) is 9.67 Å². The van der Waals surface area contributed by atoms with Crippen molar-refractivity contribution in [2.24, 2.45) is 0 Å². The zero-order valence-corrected chi connectivity index (χ0v) is 11.0. The smallest absolute Gasteiger partial charge is 0.251 e. The predicted molar refractivity (Wildman–Crippen MR) is 72.5 cm³/mol. The molecule has 6 heteroatoms. The summed E-state index contributed by atoms with van der Waals surface area (Å²) in [5.41, 5.74) is 0.609. The summed E-state index contributed by atoms with van der Waals surface area (Å²) in [7, 11) is 0. The summed E-state index contributed by atoms with van der Waals surface area (Å²) in [4.78, 5) is 16.0. The van der Waals surface area contributed by atoms with Crippen LogP contribution in [0.25, 0.3) is 5.69 Å². The summed E-state index contributed by atoms with van der Waals surface area (Å²) in [5.74, 6) is -0.188. The third kappa shape index (κ3) is 2.55. The second-order valence-electron chi connectivity index (χ2n) is 5.15. The fourth-order valence-corrected chi connectivity index (χ4v) is 2.24. The average Bonchev–Trinajstić information content (AvgIpc) is 2.97. The van der Waals surface area contributed by atoms with Gasteiger partial charge in [-0.1, -0.05) is 6.07 Å². The first-order valence-electron chi connectivity index (χ1n) is 6.62. The number of hydrogen-bond acceptors (Lipinski definition) is 4. The minimum atomic E-state index is -0.709. The summed E-state index contributed by atoms with van der Waals surface area (Å²) < 4.78 is 1.59. The van der Waals surface area contributed by atoms with E-state index in [1.807, 2.05) is 6.07 Å². The number of aromatic nitrogens is 3. The van der Waals surface area contributed by atoms with Gasteiger partial charge in [-0.2, -0.15) is 5.10 Å². The molecule has 104 valence electrons. The first-order chi connectivity index (χ1) is 9.66. The van der Waals surface area contributed by atoms with E-state index in [4.69, 9.17) is 0 Å². The molecule has 3 rings (SSSR count). The Morgan fingerprint density at radius 1 is 1.45 bits per heavy atom. The summed E-state index contributed by atoms with van der Waals surface area (Å²) in [6.45, 7) is 0.305. The third-order valence-electron chi connectivity index (χ3n) is 3.65. The molecule has 1 saturated carbocycles. The Balaban J connectivity index is 1.70. The van der Waals surface area contributed by atoms with Gasteiger partial charge < -0.3 is 10.4 Å². The Morgan fingerprint density at radius 3 is 2.95 bits per heavy atom. The largest absolute Gasteiger partial charge is 0.388 e. The molecule has 1 amide bonds. The van der Waals surface area contributed by atoms with Crippen LogP contribution in [-0.2, 0) is 0 Å². The van der Waals surface area contributed by atoms with E-state index in [1.54, 1.807) is 29.2 Å². The van der Waals surface area contributed by atoms with Crippen LogP contribution in [0.5, 0.6) is 0 Å². The number of nitrogens with zero attached hydrogens (tertiary/aromatic N) is 3. The average molecular weight is 272 g/mol. The molecule has 0 unspecified atom stereocenters. The molecule has 0 atom stereocenters. The van der Waals surface area contributed by atoms with Gasteiger partial charge in [-0.05, 0) is 37.5 Å². The molecule has 0 saturated heterocycles. The molecule has 1 fully saturated rings. The summed E-state index contributed by atoms with van der Waals surface area (Å²) >= 11 is 0. The molecule has 6 nitrogen and oxygen atoms in total. The zero-order chi connectivity index (χ0) is 14.0. The van der Waals surface area contributed by atoms with Crippen molar-refractivity contribution >= 4 is 5.91 Å². The molecular weight excluding hydrogens is 256 g/mol. The van der Waals surface area contributed by atoms with Gasteiger partial charge in [0.05, 0.1) is 11.3 Å². The molecular formula is C14H16N4O2. The fraction of sp³-hybridized carbons (Fsp3) is 0.357. The van der Waals surface area contributed by atoms with Crippen LogP contribution in [0.3, 0.4) is 0 Å². The quantitative estimate of drug-likeness (QED) is 0.867. The molecule has 1 aliphatic rings. The van der Waals surface area contributed by atoms with E-state index < -0.39 is 5.60 Å². The van der Waals surface area contributed by atoms with Crippen LogP contribution >= 0.6 is 0 Å². The van der Waals surface area contributed by atoms with Crippen molar-refractivity contribution < 1.29 is 9.90 Å². The molecule has 2 aromatic rings. The first-order valence-corrected chi connectivity index (χ1v) is 6.62. The number of aliphatic hydroxyl groups is 1. The number of benzene rings is 1. The highest BCUT2D eigenvalue weighted by Gasteiger charge is 2.34. The second kappa shape index (κ2) is 5.05. The molecule has 0 bridgehead atoms. The standard InChI is InChI=1S/C14H16N4O2/c19-13(16-8-14(20)5-2-6-14)11-3-1-4-12(7-11)18-10-15-9-17-18/h1,3-4,7,9-10,20H,2,5-6,8H2,(H,16,19). The Labute approximate surface area is 116 Å². The second-order valence-corrected chi connectivity index (χ2v) is 5.15. The van der Waals surface area contributed by atoms with Crippen LogP contribution in [0.1, 0.15) is 29.6 Å². The van der Waals surface area contributed by atoms with E-state index in [0.29, 0.717) is 12.1 Å². The highest BCUT2D eigenvalue weighted by molar-refractivity contribution is 5.94. The molecule has 1 aliphatic carbocycles. The van der Waals surface area contributed by atoms with Gasteiger partial charge in [-0.15, -0.1) is 0 Å². The lowest BCUT2D eigenvalue weighted by molar-refractivity contribution is -0.0300. The van der Waals surface area contributed by atoms with E-state index >= 15 is 0 Å². The minimum Gasteiger partial charge on any atom is -0.388 e. The van der Waals surface area contributed by atoms with Crippen LogP contribution in [0.15, 0.2) is 36.9 Å². The van der Waals surface area contributed by atoms with E-state index in [9.17, 15) is 9.90 Å². The SMILES string of the molecule is O=C(NCC1(O)CCC1)c1cccc(-n2cncn2)c1. The number of hydrogen-bond donors (Lipinski definition) is 2. The maximum absolute atomic E-state index is 12.1. The van der Waals surface area contributed by atoms with Gasteiger partial charge in [0.15, 0.2) is 0 Å². The van der Waals surface area contributed by atoms with Crippen molar-refractivity contribution in [2.45, 2.75) is 24.9 Å². The summed E-state index contributed by atoms with van der Waals surface area (Å²) in [6.07, 6.45) is 5.56. The number of nitrogens with one attached hydrogen (secondary N) is 1. The lowest BCUT2D eigenvalue weighted by Gasteiger charge is -2.36. The Morgan fingerprint density at radius 2 is 2.30 bits per heavy atom. The minimum absolute atomic E-state index is 0.188. The van der Waals surface area contributed by atoms with Crippen molar-refractivity contribution in [1.82, 2.24) is 20.1 Å². The molecule has 2 N–H and O–H groups in total. The van der Waals surface area contributed by atoms with Gasteiger partial charge in [0.2, 0.25) is 0 Å². The van der Waals surface area contributed by atoms with Gasteiger partial charge >= 0.3 is 0 Å². The fourth-order valence-electron chi connectivity index (χ4n) is 2.24. The van der Waals surface area contributed by atoms with E-state index in [2.05, 4.69) is 15.4 Å².